The van der Waals surface area contributed by atoms with Gasteiger partial charge in [-0.15, -0.1) is 5.10 Å². The Balaban J connectivity index is 2.26. The second-order valence-electron chi connectivity index (χ2n) is 4.61. The maximum atomic E-state index is 11.3. The average molecular weight is 241 g/mol. The largest absolute Gasteiger partial charge is 0.444 e. The molecule has 0 aliphatic heterocycles. The molecule has 1 aromatic heterocycles. The van der Waals surface area contributed by atoms with Crippen molar-refractivity contribution in [2.75, 3.05) is 6.54 Å². The normalized spacial score (nSPS) is 11.3. The smallest absolute Gasteiger partial charge is 0.407 e. The Kier molecular flexibility index (Phi) is 4.45. The van der Waals surface area contributed by atoms with Crippen LogP contribution in [0, 0.1) is 0 Å². The van der Waals surface area contributed by atoms with Crippen molar-refractivity contribution in [1.82, 2.24) is 20.3 Å². The number of carbonyl (C=O) groups is 1. The first-order chi connectivity index (χ1) is 7.90. The average Bonchev–Trinajstić information content (AvgIpc) is 2.63. The van der Waals surface area contributed by atoms with E-state index < -0.39 is 11.7 Å². The van der Waals surface area contributed by atoms with Gasteiger partial charge in [-0.1, -0.05) is 5.21 Å². The Labute approximate surface area is 100 Å². The van der Waals surface area contributed by atoms with Crippen LogP contribution in [-0.4, -0.2) is 33.2 Å². The molecule has 0 radical (unpaired) electrons. The molecular weight excluding hydrogens is 222 g/mol. The topological polar surface area (TPSA) is 95.1 Å². The molecule has 1 aromatic rings. The molecule has 1 heterocycles. The summed E-state index contributed by atoms with van der Waals surface area (Å²) in [6, 6.07) is 0. The van der Waals surface area contributed by atoms with Gasteiger partial charge in [0, 0.05) is 19.3 Å². The Morgan fingerprint density at radius 1 is 1.59 bits per heavy atom. The van der Waals surface area contributed by atoms with E-state index in [1.807, 2.05) is 20.8 Å². The van der Waals surface area contributed by atoms with Crippen molar-refractivity contribution >= 4 is 6.09 Å². The third-order valence-corrected chi connectivity index (χ3v) is 1.80. The van der Waals surface area contributed by atoms with Crippen LogP contribution in [0.25, 0.3) is 0 Å². The number of nitrogens with one attached hydrogen (secondary N) is 1. The molecule has 17 heavy (non-hydrogen) atoms. The molecule has 0 aromatic carbocycles. The summed E-state index contributed by atoms with van der Waals surface area (Å²) in [5.74, 6) is 0. The second-order valence-corrected chi connectivity index (χ2v) is 4.61. The minimum atomic E-state index is -0.482. The molecular formula is C10H19N5O2. The number of nitrogens with zero attached hydrogens (tertiary/aromatic N) is 3. The summed E-state index contributed by atoms with van der Waals surface area (Å²) in [6.07, 6.45) is 1.31. The molecule has 1 amide bonds. The molecule has 0 spiro atoms. The predicted molar refractivity (Wildman–Crippen MR) is 62.2 cm³/mol. The highest BCUT2D eigenvalue weighted by atomic mass is 16.6. The standard InChI is InChI=1S/C10H19N5O2/c1-10(2,3)17-9(16)12-4-5-15-7-8(6-11)13-14-15/h7H,4-6,11H2,1-3H3,(H,12,16). The SMILES string of the molecule is CC(C)(C)OC(=O)NCCn1cc(CN)nn1. The number of nitrogens with two attached hydrogens (primary N) is 1. The number of aromatic nitrogens is 3. The lowest BCUT2D eigenvalue weighted by Gasteiger charge is -2.19. The number of hydrogen-bond donors (Lipinski definition) is 2. The third-order valence-electron chi connectivity index (χ3n) is 1.80. The van der Waals surface area contributed by atoms with E-state index in [1.165, 1.54) is 0 Å². The molecule has 0 unspecified atom stereocenters. The van der Waals surface area contributed by atoms with Crippen LogP contribution < -0.4 is 11.1 Å². The second kappa shape index (κ2) is 5.62. The molecule has 3 N–H and O–H groups in total. The van der Waals surface area contributed by atoms with Crippen molar-refractivity contribution in [3.8, 4) is 0 Å². The fraction of sp³-hybridized carbons (Fsp3) is 0.700. The van der Waals surface area contributed by atoms with E-state index in [9.17, 15) is 4.79 Å². The highest BCUT2D eigenvalue weighted by Crippen LogP contribution is 2.06. The van der Waals surface area contributed by atoms with Crippen LogP contribution in [-0.2, 0) is 17.8 Å². The minimum Gasteiger partial charge on any atom is -0.444 e. The van der Waals surface area contributed by atoms with E-state index in [1.54, 1.807) is 10.9 Å². The Hall–Kier alpha value is -1.63. The van der Waals surface area contributed by atoms with Crippen molar-refractivity contribution < 1.29 is 9.53 Å². The number of amides is 1. The van der Waals surface area contributed by atoms with Crippen molar-refractivity contribution in [1.29, 1.82) is 0 Å². The molecule has 0 saturated carbocycles. The summed E-state index contributed by atoms with van der Waals surface area (Å²) in [7, 11) is 0. The van der Waals surface area contributed by atoms with E-state index in [0.717, 1.165) is 5.69 Å². The molecule has 96 valence electrons. The van der Waals surface area contributed by atoms with Crippen LogP contribution in [0.4, 0.5) is 4.79 Å². The van der Waals surface area contributed by atoms with Gasteiger partial charge in [-0.05, 0) is 20.8 Å². The minimum absolute atomic E-state index is 0.361. The highest BCUT2D eigenvalue weighted by Gasteiger charge is 2.15. The fourth-order valence-corrected chi connectivity index (χ4v) is 1.13. The molecule has 0 fully saturated rings. The van der Waals surface area contributed by atoms with Crippen molar-refractivity contribution in [2.45, 2.75) is 39.5 Å². The van der Waals surface area contributed by atoms with Crippen molar-refractivity contribution in [2.24, 2.45) is 5.73 Å². The summed E-state index contributed by atoms with van der Waals surface area (Å²) >= 11 is 0. The van der Waals surface area contributed by atoms with Crippen molar-refractivity contribution in [3.63, 3.8) is 0 Å². The van der Waals surface area contributed by atoms with Crippen molar-refractivity contribution in [3.05, 3.63) is 11.9 Å². The van der Waals surface area contributed by atoms with Crippen LogP contribution in [0.5, 0.6) is 0 Å². The highest BCUT2D eigenvalue weighted by molar-refractivity contribution is 5.67. The number of carbonyl (C=O) groups excluding carboxylic acids is 1. The number of alkyl carbamates (subject to hydrolysis) is 1. The fourth-order valence-electron chi connectivity index (χ4n) is 1.13. The van der Waals surface area contributed by atoms with Crippen LogP contribution in [0.15, 0.2) is 6.20 Å². The molecule has 0 aliphatic carbocycles. The van der Waals surface area contributed by atoms with Crippen LogP contribution in [0.1, 0.15) is 26.5 Å². The van der Waals surface area contributed by atoms with Gasteiger partial charge >= 0.3 is 6.09 Å². The lowest BCUT2D eigenvalue weighted by atomic mass is 10.2. The summed E-state index contributed by atoms with van der Waals surface area (Å²) in [6.45, 7) is 6.78. The monoisotopic (exact) mass is 241 g/mol. The van der Waals surface area contributed by atoms with Gasteiger partial charge in [-0.3, -0.25) is 4.68 Å². The number of hydrogen-bond acceptors (Lipinski definition) is 5. The molecule has 7 nitrogen and oxygen atoms in total. The molecule has 7 heteroatoms. The van der Waals surface area contributed by atoms with Gasteiger partial charge in [0.05, 0.1) is 12.2 Å². The van der Waals surface area contributed by atoms with Crippen LogP contribution in [0.3, 0.4) is 0 Å². The Bertz CT molecular complexity index is 369. The van der Waals surface area contributed by atoms with E-state index in [-0.39, 0.29) is 0 Å². The van der Waals surface area contributed by atoms with Gasteiger partial charge in [0.25, 0.3) is 0 Å². The number of rotatable bonds is 4. The van der Waals surface area contributed by atoms with E-state index in [0.29, 0.717) is 19.6 Å². The van der Waals surface area contributed by atoms with Crippen LogP contribution >= 0.6 is 0 Å². The number of ether oxygens (including phenoxy) is 1. The summed E-state index contributed by atoms with van der Waals surface area (Å²) in [5, 5.41) is 10.3. The van der Waals surface area contributed by atoms with Gasteiger partial charge in [-0.2, -0.15) is 0 Å². The van der Waals surface area contributed by atoms with E-state index in [4.69, 9.17) is 10.5 Å². The Morgan fingerprint density at radius 2 is 2.29 bits per heavy atom. The first-order valence-electron chi connectivity index (χ1n) is 5.46. The molecule has 0 atom stereocenters. The zero-order chi connectivity index (χ0) is 12.9. The quantitative estimate of drug-likeness (QED) is 0.788. The van der Waals surface area contributed by atoms with Gasteiger partial charge in [0.1, 0.15) is 5.60 Å². The summed E-state index contributed by atoms with van der Waals surface area (Å²) in [5.41, 5.74) is 5.65. The maximum absolute atomic E-state index is 11.3. The molecule has 0 saturated heterocycles. The zero-order valence-electron chi connectivity index (χ0n) is 10.4. The lowest BCUT2D eigenvalue weighted by molar-refractivity contribution is 0.0525. The molecule has 1 rings (SSSR count). The first-order valence-corrected chi connectivity index (χ1v) is 5.46. The third kappa shape index (κ3) is 5.30. The first kappa shape index (κ1) is 13.4. The molecule has 0 bridgehead atoms. The summed E-state index contributed by atoms with van der Waals surface area (Å²) in [4.78, 5) is 11.3. The lowest BCUT2D eigenvalue weighted by Crippen LogP contribution is -2.34. The Morgan fingerprint density at radius 3 is 2.82 bits per heavy atom. The zero-order valence-corrected chi connectivity index (χ0v) is 10.4. The van der Waals surface area contributed by atoms with E-state index >= 15 is 0 Å². The molecule has 0 aliphatic rings. The maximum Gasteiger partial charge on any atom is 0.407 e. The van der Waals surface area contributed by atoms with Crippen LogP contribution in [0.2, 0.25) is 0 Å². The van der Waals surface area contributed by atoms with E-state index in [2.05, 4.69) is 15.6 Å². The van der Waals surface area contributed by atoms with Gasteiger partial charge in [0.2, 0.25) is 0 Å². The predicted octanol–water partition coefficient (Wildman–Crippen LogP) is 0.262. The van der Waals surface area contributed by atoms with Gasteiger partial charge in [0.15, 0.2) is 0 Å². The van der Waals surface area contributed by atoms with Gasteiger partial charge < -0.3 is 15.8 Å². The van der Waals surface area contributed by atoms with Gasteiger partial charge in [-0.25, -0.2) is 4.79 Å². The summed E-state index contributed by atoms with van der Waals surface area (Å²) < 4.78 is 6.71.